The molecule has 0 aromatic heterocycles. The third kappa shape index (κ3) is 7.25. The Morgan fingerprint density at radius 1 is 0.792 bits per heavy atom. The zero-order valence-electron chi connectivity index (χ0n) is 15.7. The van der Waals surface area contributed by atoms with E-state index in [1.54, 1.807) is 0 Å². The Balaban J connectivity index is 1.48. The van der Waals surface area contributed by atoms with Crippen molar-refractivity contribution in [3.8, 4) is 5.75 Å². The van der Waals surface area contributed by atoms with Gasteiger partial charge in [0.15, 0.2) is 5.75 Å². The van der Waals surface area contributed by atoms with Crippen LogP contribution in [0.3, 0.4) is 0 Å². The maximum atomic E-state index is 5.40. The van der Waals surface area contributed by atoms with Crippen molar-refractivity contribution in [2.24, 2.45) is 0 Å². The van der Waals surface area contributed by atoms with Crippen LogP contribution >= 0.6 is 0 Å². The van der Waals surface area contributed by atoms with Gasteiger partial charge in [-0.25, -0.2) is 0 Å². The Bertz CT molecular complexity index is 417. The minimum Gasteiger partial charge on any atom is -0.337 e. The van der Waals surface area contributed by atoms with Gasteiger partial charge in [0.2, 0.25) is 0 Å². The molecule has 0 saturated carbocycles. The monoisotopic (exact) mass is 332 g/mol. The summed E-state index contributed by atoms with van der Waals surface area (Å²) in [6.45, 7) is 2.95. The van der Waals surface area contributed by atoms with Crippen molar-refractivity contribution >= 4 is 0 Å². The minimum atomic E-state index is 0.666. The van der Waals surface area contributed by atoms with Gasteiger partial charge in [0, 0.05) is 12.0 Å². The summed E-state index contributed by atoms with van der Waals surface area (Å²) in [7, 11) is 0. The van der Waals surface area contributed by atoms with Crippen molar-refractivity contribution in [1.29, 1.82) is 0 Å². The van der Waals surface area contributed by atoms with Gasteiger partial charge in [-0.3, -0.25) is 0 Å². The average molecular weight is 333 g/mol. The summed E-state index contributed by atoms with van der Waals surface area (Å²) in [5, 5.41) is 0. The first kappa shape index (κ1) is 19.3. The zero-order valence-corrected chi connectivity index (χ0v) is 15.7. The maximum absolute atomic E-state index is 5.40. The van der Waals surface area contributed by atoms with Crippen molar-refractivity contribution in [3.63, 3.8) is 0 Å². The first-order chi connectivity index (χ1) is 11.9. The van der Waals surface area contributed by atoms with Crippen LogP contribution in [0.1, 0.15) is 95.1 Å². The molecule has 0 spiro atoms. The average Bonchev–Trinajstić information content (AvgIpc) is 2.70. The first-order valence-corrected chi connectivity index (χ1v) is 10.3. The van der Waals surface area contributed by atoms with E-state index in [0.717, 1.165) is 18.6 Å². The maximum Gasteiger partial charge on any atom is 0.168 e. The lowest BCUT2D eigenvalue weighted by molar-refractivity contribution is -0.203. The van der Waals surface area contributed by atoms with Crippen LogP contribution in [-0.4, -0.2) is 6.61 Å². The molecule has 2 bridgehead atoms. The molecule has 0 saturated heterocycles. The number of fused-ring (bicyclic) bond motifs is 2. The predicted octanol–water partition coefficient (Wildman–Crippen LogP) is 6.80. The van der Waals surface area contributed by atoms with E-state index in [1.165, 1.54) is 88.2 Å². The highest BCUT2D eigenvalue weighted by Crippen LogP contribution is 2.27. The van der Waals surface area contributed by atoms with E-state index in [-0.39, 0.29) is 0 Å². The molecule has 0 unspecified atom stereocenters. The lowest BCUT2D eigenvalue weighted by atomic mass is 9.98. The van der Waals surface area contributed by atoms with Crippen LogP contribution in [0.4, 0.5) is 0 Å². The fourth-order valence-electron chi connectivity index (χ4n) is 3.61. The molecule has 1 aliphatic heterocycles. The Kier molecular flexibility index (Phi) is 9.94. The van der Waals surface area contributed by atoms with Gasteiger partial charge in [-0.05, 0) is 24.5 Å². The molecule has 1 aromatic carbocycles. The molecule has 0 radical (unpaired) electrons. The number of unbranched alkanes of at least 4 members (excludes halogenated alkanes) is 11. The third-order valence-corrected chi connectivity index (χ3v) is 5.11. The van der Waals surface area contributed by atoms with Crippen LogP contribution in [0, 0.1) is 0 Å². The van der Waals surface area contributed by atoms with Crippen LogP contribution in [-0.2, 0) is 17.7 Å². The van der Waals surface area contributed by atoms with Gasteiger partial charge >= 0.3 is 0 Å². The fraction of sp³-hybridized carbons (Fsp3) is 0.727. The normalized spacial score (nSPS) is 13.5. The molecule has 136 valence electrons. The lowest BCUT2D eigenvalue weighted by Gasteiger charge is -2.09. The van der Waals surface area contributed by atoms with Crippen LogP contribution < -0.4 is 4.89 Å². The molecule has 2 heteroatoms. The second kappa shape index (κ2) is 12.4. The minimum absolute atomic E-state index is 0.666. The van der Waals surface area contributed by atoms with Gasteiger partial charge in [0.25, 0.3) is 0 Å². The molecule has 2 nitrogen and oxygen atoms in total. The summed E-state index contributed by atoms with van der Waals surface area (Å²) in [4.78, 5) is 10.6. The largest absolute Gasteiger partial charge is 0.337 e. The van der Waals surface area contributed by atoms with E-state index in [9.17, 15) is 0 Å². The van der Waals surface area contributed by atoms with Gasteiger partial charge in [0.1, 0.15) is 0 Å². The highest BCUT2D eigenvalue weighted by Gasteiger charge is 2.13. The van der Waals surface area contributed by atoms with E-state index in [1.807, 2.05) is 6.07 Å². The zero-order chi connectivity index (χ0) is 16.9. The number of benzene rings is 1. The standard InChI is InChI=1S/C22H36O2/c1-2-3-4-5-6-7-8-9-10-11-12-13-16-21-20-15-14-17-22(21)24-23-19-18-20/h14-15,17H,2-13,16,18-19H2,1H3. The highest BCUT2D eigenvalue weighted by molar-refractivity contribution is 5.40. The van der Waals surface area contributed by atoms with Gasteiger partial charge in [0.05, 0.1) is 6.61 Å². The Morgan fingerprint density at radius 3 is 2.08 bits per heavy atom. The van der Waals surface area contributed by atoms with E-state index >= 15 is 0 Å². The summed E-state index contributed by atoms with van der Waals surface area (Å²) in [5.41, 5.74) is 2.79. The SMILES string of the molecule is CCCCCCCCCCCCCCc1c2cccc1OOCC2. The van der Waals surface area contributed by atoms with E-state index in [4.69, 9.17) is 9.78 Å². The van der Waals surface area contributed by atoms with Crippen molar-refractivity contribution in [2.75, 3.05) is 6.61 Å². The van der Waals surface area contributed by atoms with Gasteiger partial charge in [-0.2, -0.15) is 4.89 Å². The summed E-state index contributed by atoms with van der Waals surface area (Å²) in [6.07, 6.45) is 18.9. The first-order valence-electron chi connectivity index (χ1n) is 10.3. The van der Waals surface area contributed by atoms with Gasteiger partial charge in [-0.15, -0.1) is 0 Å². The molecule has 0 atom stereocenters. The molecule has 0 fully saturated rings. The second-order valence-electron chi connectivity index (χ2n) is 7.19. The molecular formula is C22H36O2. The van der Waals surface area contributed by atoms with Crippen molar-refractivity contribution in [2.45, 2.75) is 96.8 Å². The lowest BCUT2D eigenvalue weighted by Crippen LogP contribution is -1.96. The highest BCUT2D eigenvalue weighted by atomic mass is 17.2. The second-order valence-corrected chi connectivity index (χ2v) is 7.19. The molecule has 0 N–H and O–H groups in total. The summed E-state index contributed by atoms with van der Waals surface area (Å²) >= 11 is 0. The molecule has 24 heavy (non-hydrogen) atoms. The smallest absolute Gasteiger partial charge is 0.168 e. The van der Waals surface area contributed by atoms with Crippen LogP contribution in [0.25, 0.3) is 0 Å². The predicted molar refractivity (Wildman–Crippen MR) is 102 cm³/mol. The van der Waals surface area contributed by atoms with Crippen LogP contribution in [0.5, 0.6) is 5.75 Å². The van der Waals surface area contributed by atoms with Crippen molar-refractivity contribution in [3.05, 3.63) is 29.3 Å². The molecule has 1 heterocycles. The van der Waals surface area contributed by atoms with Gasteiger partial charge in [-0.1, -0.05) is 89.7 Å². The Morgan fingerprint density at radius 2 is 1.42 bits per heavy atom. The van der Waals surface area contributed by atoms with E-state index < -0.39 is 0 Å². The van der Waals surface area contributed by atoms with Crippen molar-refractivity contribution in [1.82, 2.24) is 0 Å². The fourth-order valence-corrected chi connectivity index (χ4v) is 3.61. The molecular weight excluding hydrogens is 296 g/mol. The summed E-state index contributed by atoms with van der Waals surface area (Å²) in [6, 6.07) is 6.33. The third-order valence-electron chi connectivity index (χ3n) is 5.11. The molecule has 1 aliphatic rings. The van der Waals surface area contributed by atoms with Crippen molar-refractivity contribution < 1.29 is 9.78 Å². The quantitative estimate of drug-likeness (QED) is 0.292. The van der Waals surface area contributed by atoms with E-state index in [0.29, 0.717) is 6.61 Å². The number of hydrogen-bond acceptors (Lipinski definition) is 2. The van der Waals surface area contributed by atoms with Gasteiger partial charge < -0.3 is 4.89 Å². The van der Waals surface area contributed by atoms with Crippen LogP contribution in [0.2, 0.25) is 0 Å². The van der Waals surface area contributed by atoms with Crippen LogP contribution in [0.15, 0.2) is 18.2 Å². The molecule has 1 aromatic rings. The van der Waals surface area contributed by atoms with E-state index in [2.05, 4.69) is 19.1 Å². The Labute approximate surface area is 148 Å². The summed E-state index contributed by atoms with van der Waals surface area (Å²) in [5.74, 6) is 0.938. The Hall–Kier alpha value is -1.02. The molecule has 0 aliphatic carbocycles. The number of rotatable bonds is 13. The molecule has 2 rings (SSSR count). The molecule has 0 amide bonds. The topological polar surface area (TPSA) is 18.5 Å². The summed E-state index contributed by atoms with van der Waals surface area (Å²) < 4.78 is 0. The number of hydrogen-bond donors (Lipinski definition) is 0.